The van der Waals surface area contributed by atoms with E-state index in [9.17, 15) is 9.90 Å². The zero-order valence-corrected chi connectivity index (χ0v) is 8.06. The number of allylic oxidation sites excluding steroid dienone is 1. The molecule has 0 heterocycles. The number of nitrogens with two attached hydrogens (primary N) is 1. The highest BCUT2D eigenvalue weighted by atomic mass is 16.5. The van der Waals surface area contributed by atoms with Crippen molar-refractivity contribution in [2.75, 3.05) is 7.11 Å². The Kier molecular flexibility index (Phi) is 6.18. The minimum absolute atomic E-state index is 0.603. The first-order valence-corrected chi connectivity index (χ1v) is 4.31. The molecule has 0 aromatic heterocycles. The number of esters is 1. The second kappa shape index (κ2) is 6.62. The summed E-state index contributed by atoms with van der Waals surface area (Å²) in [6.07, 6.45) is 4.22. The maximum absolute atomic E-state index is 10.8. The predicted octanol–water partition coefficient (Wildman–Crippen LogP) is 0.204. The number of ether oxygens (including phenoxy) is 1. The van der Waals surface area contributed by atoms with Gasteiger partial charge in [-0.3, -0.25) is 4.79 Å². The largest absolute Gasteiger partial charge is 0.468 e. The van der Waals surface area contributed by atoms with Gasteiger partial charge in [-0.15, -0.1) is 0 Å². The summed E-state index contributed by atoms with van der Waals surface area (Å²) in [5.41, 5.74) is 5.38. The van der Waals surface area contributed by atoms with Gasteiger partial charge in [0.2, 0.25) is 0 Å². The first kappa shape index (κ1) is 12.1. The van der Waals surface area contributed by atoms with E-state index in [1.54, 1.807) is 6.08 Å². The van der Waals surface area contributed by atoms with Gasteiger partial charge >= 0.3 is 5.97 Å². The molecule has 76 valence electrons. The quantitative estimate of drug-likeness (QED) is 0.476. The first-order chi connectivity index (χ1) is 6.13. The van der Waals surface area contributed by atoms with Gasteiger partial charge in [-0.25, -0.2) is 0 Å². The third-order valence-electron chi connectivity index (χ3n) is 1.63. The Bertz CT molecular complexity index is 180. The molecule has 0 unspecified atom stereocenters. The molecule has 4 heteroatoms. The predicted molar refractivity (Wildman–Crippen MR) is 50.0 cm³/mol. The maximum atomic E-state index is 10.8. The van der Waals surface area contributed by atoms with Crippen LogP contribution in [0.4, 0.5) is 0 Å². The molecule has 0 saturated carbocycles. The molecule has 13 heavy (non-hydrogen) atoms. The van der Waals surface area contributed by atoms with Gasteiger partial charge < -0.3 is 15.6 Å². The van der Waals surface area contributed by atoms with Gasteiger partial charge in [0, 0.05) is 0 Å². The highest BCUT2D eigenvalue weighted by molar-refractivity contribution is 5.76. The lowest BCUT2D eigenvalue weighted by atomic mass is 10.1. The van der Waals surface area contributed by atoms with Crippen molar-refractivity contribution in [3.63, 3.8) is 0 Å². The number of carbonyl (C=O) groups excluding carboxylic acids is 1. The number of hydrogen-bond donors (Lipinski definition) is 2. The molecule has 0 spiro atoms. The van der Waals surface area contributed by atoms with Crippen LogP contribution in [0.2, 0.25) is 0 Å². The molecule has 0 aliphatic rings. The van der Waals surface area contributed by atoms with Crippen molar-refractivity contribution in [3.05, 3.63) is 12.2 Å². The Morgan fingerprint density at radius 3 is 2.77 bits per heavy atom. The molecule has 2 atom stereocenters. The van der Waals surface area contributed by atoms with Gasteiger partial charge in [-0.1, -0.05) is 25.5 Å². The molecule has 0 aromatic rings. The van der Waals surface area contributed by atoms with Crippen LogP contribution in [-0.2, 0) is 9.53 Å². The number of hydrogen-bond acceptors (Lipinski definition) is 4. The smallest absolute Gasteiger partial charge is 0.325 e. The van der Waals surface area contributed by atoms with Crippen molar-refractivity contribution < 1.29 is 14.6 Å². The van der Waals surface area contributed by atoms with Crippen LogP contribution >= 0.6 is 0 Å². The normalized spacial score (nSPS) is 15.7. The van der Waals surface area contributed by atoms with Crippen molar-refractivity contribution in [2.45, 2.75) is 31.9 Å². The molecule has 0 rings (SSSR count). The summed E-state index contributed by atoms with van der Waals surface area (Å²) in [6, 6.07) is -0.988. The number of carbonyl (C=O) groups is 1. The summed E-state index contributed by atoms with van der Waals surface area (Å²) in [7, 11) is 1.24. The standard InChI is InChI=1S/C9H17NO3/c1-3-4-5-6-7(11)8(10)9(12)13-2/h5-8,11H,3-4,10H2,1-2H3/b6-5+/t7-,8+/m1/s1. The van der Waals surface area contributed by atoms with E-state index in [4.69, 9.17) is 5.73 Å². The summed E-state index contributed by atoms with van der Waals surface area (Å²) < 4.78 is 4.38. The second-order valence-electron chi connectivity index (χ2n) is 2.76. The van der Waals surface area contributed by atoms with Crippen molar-refractivity contribution in [2.24, 2.45) is 5.73 Å². The van der Waals surface area contributed by atoms with Crippen molar-refractivity contribution in [1.82, 2.24) is 0 Å². The van der Waals surface area contributed by atoms with Crippen LogP contribution in [0.3, 0.4) is 0 Å². The van der Waals surface area contributed by atoms with Crippen LogP contribution in [0.1, 0.15) is 19.8 Å². The number of aliphatic hydroxyl groups excluding tert-OH is 1. The maximum Gasteiger partial charge on any atom is 0.325 e. The molecule has 0 bridgehead atoms. The number of aliphatic hydroxyl groups is 1. The molecular weight excluding hydrogens is 170 g/mol. The zero-order valence-electron chi connectivity index (χ0n) is 8.06. The molecular formula is C9H17NO3. The molecule has 0 amide bonds. The molecule has 0 aromatic carbocycles. The monoisotopic (exact) mass is 187 g/mol. The fourth-order valence-electron chi connectivity index (χ4n) is 0.798. The molecule has 4 nitrogen and oxygen atoms in total. The minimum Gasteiger partial charge on any atom is -0.468 e. The van der Waals surface area contributed by atoms with Crippen molar-refractivity contribution >= 4 is 5.97 Å². The van der Waals surface area contributed by atoms with Gasteiger partial charge in [-0.05, 0) is 6.42 Å². The Labute approximate surface area is 78.4 Å². The van der Waals surface area contributed by atoms with E-state index < -0.39 is 18.1 Å². The SMILES string of the molecule is CCC/C=C/[C@@H](O)[C@H](N)C(=O)OC. The average Bonchev–Trinajstić information content (AvgIpc) is 2.15. The van der Waals surface area contributed by atoms with Gasteiger partial charge in [0.25, 0.3) is 0 Å². The van der Waals surface area contributed by atoms with Gasteiger partial charge in [-0.2, -0.15) is 0 Å². The van der Waals surface area contributed by atoms with E-state index >= 15 is 0 Å². The van der Waals surface area contributed by atoms with E-state index in [-0.39, 0.29) is 0 Å². The summed E-state index contributed by atoms with van der Waals surface area (Å²) >= 11 is 0. The summed E-state index contributed by atoms with van der Waals surface area (Å²) in [6.45, 7) is 2.02. The Hall–Kier alpha value is -0.870. The molecule has 0 saturated heterocycles. The number of methoxy groups -OCH3 is 1. The van der Waals surface area contributed by atoms with Gasteiger partial charge in [0.1, 0.15) is 6.04 Å². The van der Waals surface area contributed by atoms with Crippen molar-refractivity contribution in [1.29, 1.82) is 0 Å². The van der Waals surface area contributed by atoms with E-state index in [1.165, 1.54) is 13.2 Å². The summed E-state index contributed by atoms with van der Waals surface area (Å²) in [4.78, 5) is 10.8. The molecule has 0 fully saturated rings. The molecule has 3 N–H and O–H groups in total. The van der Waals surface area contributed by atoms with Crippen LogP contribution < -0.4 is 5.73 Å². The van der Waals surface area contributed by atoms with Gasteiger partial charge in [0.05, 0.1) is 13.2 Å². The summed E-state index contributed by atoms with van der Waals surface area (Å²) in [5.74, 6) is -0.603. The molecule has 0 aliphatic heterocycles. The lowest BCUT2D eigenvalue weighted by Crippen LogP contribution is -2.41. The highest BCUT2D eigenvalue weighted by Crippen LogP contribution is 1.97. The lowest BCUT2D eigenvalue weighted by molar-refractivity contribution is -0.144. The lowest BCUT2D eigenvalue weighted by Gasteiger charge is -2.12. The van der Waals surface area contributed by atoms with E-state index in [0.717, 1.165) is 12.8 Å². The fourth-order valence-corrected chi connectivity index (χ4v) is 0.798. The Morgan fingerprint density at radius 1 is 1.69 bits per heavy atom. The van der Waals surface area contributed by atoms with Crippen LogP contribution in [0.5, 0.6) is 0 Å². The first-order valence-electron chi connectivity index (χ1n) is 4.31. The third kappa shape index (κ3) is 4.65. The van der Waals surface area contributed by atoms with Crippen LogP contribution in [-0.4, -0.2) is 30.3 Å². The van der Waals surface area contributed by atoms with E-state index in [1.807, 2.05) is 6.92 Å². The van der Waals surface area contributed by atoms with Gasteiger partial charge in [0.15, 0.2) is 0 Å². The Morgan fingerprint density at radius 2 is 2.31 bits per heavy atom. The van der Waals surface area contributed by atoms with Crippen LogP contribution in [0.15, 0.2) is 12.2 Å². The minimum atomic E-state index is -0.988. The van der Waals surface area contributed by atoms with Crippen molar-refractivity contribution in [3.8, 4) is 0 Å². The topological polar surface area (TPSA) is 72.5 Å². The Balaban J connectivity index is 3.94. The number of unbranched alkanes of at least 4 members (excludes halogenated alkanes) is 1. The number of rotatable bonds is 5. The second-order valence-corrected chi connectivity index (χ2v) is 2.76. The highest BCUT2D eigenvalue weighted by Gasteiger charge is 2.20. The van der Waals surface area contributed by atoms with Crippen LogP contribution in [0.25, 0.3) is 0 Å². The fraction of sp³-hybridized carbons (Fsp3) is 0.667. The molecule has 0 aliphatic carbocycles. The zero-order chi connectivity index (χ0) is 10.3. The van der Waals surface area contributed by atoms with E-state index in [0.29, 0.717) is 0 Å². The molecule has 0 radical (unpaired) electrons. The third-order valence-corrected chi connectivity index (χ3v) is 1.63. The average molecular weight is 187 g/mol. The van der Waals surface area contributed by atoms with Crippen LogP contribution in [0, 0.1) is 0 Å². The summed E-state index contributed by atoms with van der Waals surface area (Å²) in [5, 5.41) is 9.33. The van der Waals surface area contributed by atoms with E-state index in [2.05, 4.69) is 4.74 Å².